The third kappa shape index (κ3) is 4.91. The maximum atomic E-state index is 14.0. The molecular formula is C21H19FN4O6S. The molecule has 12 heteroatoms. The molecule has 0 saturated carbocycles. The Labute approximate surface area is 188 Å². The predicted octanol–water partition coefficient (Wildman–Crippen LogP) is 2.21. The minimum atomic E-state index is -4.25. The number of hydrogen-bond donors (Lipinski definition) is 1. The molecule has 1 fully saturated rings. The lowest BCUT2D eigenvalue weighted by molar-refractivity contribution is -0.150. The number of carbonyl (C=O) groups is 2. The first kappa shape index (κ1) is 22.6. The van der Waals surface area contributed by atoms with Crippen molar-refractivity contribution in [2.24, 2.45) is 0 Å². The van der Waals surface area contributed by atoms with Gasteiger partial charge < -0.3 is 9.15 Å². The molecule has 2 heterocycles. The molecule has 0 aliphatic carbocycles. The Kier molecular flexibility index (Phi) is 6.47. The highest BCUT2D eigenvalue weighted by atomic mass is 32.2. The lowest BCUT2D eigenvalue weighted by Crippen LogP contribution is -2.42. The van der Waals surface area contributed by atoms with Gasteiger partial charge in [-0.2, -0.15) is 4.31 Å². The Balaban J connectivity index is 1.36. The van der Waals surface area contributed by atoms with Crippen molar-refractivity contribution in [2.45, 2.75) is 23.8 Å². The zero-order valence-corrected chi connectivity index (χ0v) is 18.0. The van der Waals surface area contributed by atoms with E-state index in [1.54, 1.807) is 24.3 Å². The molecule has 4 rings (SSSR count). The van der Waals surface area contributed by atoms with Crippen LogP contribution in [-0.4, -0.2) is 54.0 Å². The van der Waals surface area contributed by atoms with Gasteiger partial charge in [0.2, 0.25) is 15.9 Å². The Morgan fingerprint density at radius 2 is 1.85 bits per heavy atom. The molecule has 1 amide bonds. The summed E-state index contributed by atoms with van der Waals surface area (Å²) < 4.78 is 51.0. The molecule has 0 spiro atoms. The monoisotopic (exact) mass is 474 g/mol. The molecule has 10 nitrogen and oxygen atoms in total. The highest BCUT2D eigenvalue weighted by molar-refractivity contribution is 7.89. The maximum Gasteiger partial charge on any atom is 0.324 e. The minimum Gasteiger partial charge on any atom is -0.454 e. The fourth-order valence-electron chi connectivity index (χ4n) is 3.40. The molecule has 1 N–H and O–H groups in total. The fourth-order valence-corrected chi connectivity index (χ4v) is 5.12. The highest BCUT2D eigenvalue weighted by Crippen LogP contribution is 2.28. The largest absolute Gasteiger partial charge is 0.454 e. The quantitative estimate of drug-likeness (QED) is 0.516. The van der Waals surface area contributed by atoms with Gasteiger partial charge in [-0.15, -0.1) is 5.10 Å². The Bertz CT molecular complexity index is 1260. The molecule has 1 saturated heterocycles. The van der Waals surface area contributed by atoms with Crippen molar-refractivity contribution in [1.29, 1.82) is 0 Å². The van der Waals surface area contributed by atoms with E-state index in [0.29, 0.717) is 12.0 Å². The predicted molar refractivity (Wildman–Crippen MR) is 113 cm³/mol. The van der Waals surface area contributed by atoms with Crippen molar-refractivity contribution in [3.8, 4) is 11.5 Å². The second kappa shape index (κ2) is 9.46. The van der Waals surface area contributed by atoms with E-state index >= 15 is 0 Å². The molecule has 1 atom stereocenters. The Morgan fingerprint density at radius 3 is 2.61 bits per heavy atom. The molecule has 0 unspecified atom stereocenters. The number of carbonyl (C=O) groups excluding carboxylic acids is 2. The summed E-state index contributed by atoms with van der Waals surface area (Å²) in [5.41, 5.74) is 0.661. The molecule has 172 valence electrons. The standard InChI is InChI=1S/C21H19FN4O6S/c22-15-9-4-5-11-17(15)33(29,30)26-12-6-10-16(26)20(28)31-13-18(27)23-21-25-24-19(32-21)14-7-2-1-3-8-14/h1-5,7-9,11,16H,6,10,12-13H2,(H,23,25,27)/t16-/m0/s1. The molecule has 3 aromatic rings. The maximum absolute atomic E-state index is 14.0. The van der Waals surface area contributed by atoms with Gasteiger partial charge in [0.15, 0.2) is 6.61 Å². The first-order valence-electron chi connectivity index (χ1n) is 9.98. The summed E-state index contributed by atoms with van der Waals surface area (Å²) in [4.78, 5) is 24.1. The number of nitrogens with zero attached hydrogens (tertiary/aromatic N) is 3. The lowest BCUT2D eigenvalue weighted by atomic mass is 10.2. The van der Waals surface area contributed by atoms with Crippen molar-refractivity contribution in [3.63, 3.8) is 0 Å². The average molecular weight is 474 g/mol. The molecule has 1 aliphatic rings. The first-order chi connectivity index (χ1) is 15.9. The normalized spacial score (nSPS) is 16.5. The van der Waals surface area contributed by atoms with Crippen molar-refractivity contribution in [1.82, 2.24) is 14.5 Å². The molecule has 2 aromatic carbocycles. The van der Waals surface area contributed by atoms with E-state index in [4.69, 9.17) is 9.15 Å². The minimum absolute atomic E-state index is 0.0346. The summed E-state index contributed by atoms with van der Waals surface area (Å²) in [6, 6.07) is 12.5. The number of halogens is 1. The van der Waals surface area contributed by atoms with Gasteiger partial charge >= 0.3 is 12.0 Å². The molecule has 0 bridgehead atoms. The number of anilines is 1. The molecule has 1 aromatic heterocycles. The number of nitrogens with one attached hydrogen (secondary N) is 1. The van der Waals surface area contributed by atoms with Gasteiger partial charge in [-0.25, -0.2) is 12.8 Å². The smallest absolute Gasteiger partial charge is 0.324 e. The van der Waals surface area contributed by atoms with Gasteiger partial charge in [0.1, 0.15) is 16.8 Å². The van der Waals surface area contributed by atoms with Gasteiger partial charge in [0.25, 0.3) is 5.91 Å². The van der Waals surface area contributed by atoms with Crippen LogP contribution in [0.3, 0.4) is 0 Å². The highest BCUT2D eigenvalue weighted by Gasteiger charge is 2.41. The van der Waals surface area contributed by atoms with Crippen molar-refractivity contribution < 1.29 is 31.6 Å². The van der Waals surface area contributed by atoms with E-state index in [0.717, 1.165) is 16.4 Å². The Hall–Kier alpha value is -3.64. The van der Waals surface area contributed by atoms with Gasteiger partial charge in [-0.3, -0.25) is 14.9 Å². The second-order valence-electron chi connectivity index (χ2n) is 7.14. The third-order valence-electron chi connectivity index (χ3n) is 4.94. The molecular weight excluding hydrogens is 455 g/mol. The molecule has 1 aliphatic heterocycles. The SMILES string of the molecule is O=C(COC(=O)[C@@H]1CCCN1S(=O)(=O)c1ccccc1F)Nc1nnc(-c2ccccc2)o1. The average Bonchev–Trinajstić information content (AvgIpc) is 3.49. The van der Waals surface area contributed by atoms with Gasteiger partial charge in [-0.1, -0.05) is 35.4 Å². The zero-order chi connectivity index (χ0) is 23.4. The number of sulfonamides is 1. The van der Waals surface area contributed by atoms with E-state index in [2.05, 4.69) is 15.5 Å². The van der Waals surface area contributed by atoms with Crippen LogP contribution < -0.4 is 5.32 Å². The summed E-state index contributed by atoms with van der Waals surface area (Å²) in [5.74, 6) is -2.36. The number of aromatic nitrogens is 2. The van der Waals surface area contributed by atoms with E-state index in [-0.39, 0.29) is 24.9 Å². The van der Waals surface area contributed by atoms with Crippen LogP contribution in [0.4, 0.5) is 10.4 Å². The van der Waals surface area contributed by atoms with Crippen LogP contribution in [0, 0.1) is 5.82 Å². The number of amides is 1. The van der Waals surface area contributed by atoms with E-state index in [9.17, 15) is 22.4 Å². The van der Waals surface area contributed by atoms with Gasteiger partial charge in [0, 0.05) is 12.1 Å². The fraction of sp³-hybridized carbons (Fsp3) is 0.238. The van der Waals surface area contributed by atoms with Crippen LogP contribution in [0.1, 0.15) is 12.8 Å². The van der Waals surface area contributed by atoms with Crippen LogP contribution in [0.25, 0.3) is 11.5 Å². The van der Waals surface area contributed by atoms with E-state index in [1.807, 2.05) is 6.07 Å². The van der Waals surface area contributed by atoms with E-state index in [1.165, 1.54) is 12.1 Å². The zero-order valence-electron chi connectivity index (χ0n) is 17.2. The number of ether oxygens (including phenoxy) is 1. The number of esters is 1. The van der Waals surface area contributed by atoms with Crippen LogP contribution in [0.5, 0.6) is 0 Å². The summed E-state index contributed by atoms with van der Waals surface area (Å²) in [7, 11) is -4.25. The number of rotatable bonds is 7. The Morgan fingerprint density at radius 1 is 1.12 bits per heavy atom. The van der Waals surface area contributed by atoms with Crippen LogP contribution in [-0.2, 0) is 24.3 Å². The van der Waals surface area contributed by atoms with Crippen molar-refractivity contribution in [3.05, 3.63) is 60.4 Å². The lowest BCUT2D eigenvalue weighted by Gasteiger charge is -2.22. The van der Waals surface area contributed by atoms with Crippen LogP contribution >= 0.6 is 0 Å². The first-order valence-corrected chi connectivity index (χ1v) is 11.4. The second-order valence-corrected chi connectivity index (χ2v) is 9.00. The third-order valence-corrected chi connectivity index (χ3v) is 6.88. The molecule has 33 heavy (non-hydrogen) atoms. The summed E-state index contributed by atoms with van der Waals surface area (Å²) in [5, 5.41) is 9.85. The number of hydrogen-bond acceptors (Lipinski definition) is 8. The summed E-state index contributed by atoms with van der Waals surface area (Å²) >= 11 is 0. The summed E-state index contributed by atoms with van der Waals surface area (Å²) in [6.45, 7) is -0.654. The van der Waals surface area contributed by atoms with Crippen molar-refractivity contribution >= 4 is 27.9 Å². The topological polar surface area (TPSA) is 132 Å². The van der Waals surface area contributed by atoms with Crippen LogP contribution in [0.2, 0.25) is 0 Å². The van der Waals surface area contributed by atoms with Crippen molar-refractivity contribution in [2.75, 3.05) is 18.5 Å². The molecule has 0 radical (unpaired) electrons. The summed E-state index contributed by atoms with van der Waals surface area (Å²) in [6.07, 6.45) is 0.585. The van der Waals surface area contributed by atoms with E-state index < -0.39 is 45.3 Å². The van der Waals surface area contributed by atoms with Crippen LogP contribution in [0.15, 0.2) is 63.9 Å². The number of benzene rings is 2. The van der Waals surface area contributed by atoms with Gasteiger partial charge in [-0.05, 0) is 37.1 Å². The van der Waals surface area contributed by atoms with Gasteiger partial charge in [0.05, 0.1) is 0 Å².